The Hall–Kier alpha value is -0.860. The molecule has 3 heteroatoms. The van der Waals surface area contributed by atoms with Crippen LogP contribution in [0.15, 0.2) is 4.99 Å². The fourth-order valence-electron chi connectivity index (χ4n) is 0.921. The summed E-state index contributed by atoms with van der Waals surface area (Å²) in [6.45, 7) is 4.62. The monoisotopic (exact) mass is 140 g/mol. The second-order valence-corrected chi connectivity index (χ2v) is 2.67. The van der Waals surface area contributed by atoms with Gasteiger partial charge in [-0.05, 0) is 13.8 Å². The molecule has 1 aliphatic heterocycles. The van der Waals surface area contributed by atoms with Crippen molar-refractivity contribution in [2.75, 3.05) is 6.54 Å². The van der Waals surface area contributed by atoms with Crippen molar-refractivity contribution >= 4 is 12.2 Å². The van der Waals surface area contributed by atoms with E-state index >= 15 is 0 Å². The van der Waals surface area contributed by atoms with Crippen molar-refractivity contribution in [3.63, 3.8) is 0 Å². The fourth-order valence-corrected chi connectivity index (χ4v) is 0.921. The number of carbonyl (C=O) groups excluding carboxylic acids is 1. The van der Waals surface area contributed by atoms with Crippen LogP contribution in [-0.2, 0) is 4.79 Å². The second kappa shape index (κ2) is 2.82. The summed E-state index contributed by atoms with van der Waals surface area (Å²) >= 11 is 0. The molecule has 56 valence electrons. The fraction of sp³-hybridized carbons (Fsp3) is 0.714. The van der Waals surface area contributed by atoms with E-state index in [1.165, 1.54) is 0 Å². The normalized spacial score (nSPS) is 18.7. The Labute approximate surface area is 60.7 Å². The Morgan fingerprint density at radius 1 is 1.70 bits per heavy atom. The third-order valence-corrected chi connectivity index (χ3v) is 1.51. The molecule has 0 spiro atoms. The van der Waals surface area contributed by atoms with Gasteiger partial charge in [0.05, 0.1) is 6.34 Å². The molecule has 0 aromatic carbocycles. The lowest BCUT2D eigenvalue weighted by atomic mass is 10.3. The van der Waals surface area contributed by atoms with Gasteiger partial charge in [-0.15, -0.1) is 0 Å². The molecule has 1 rings (SSSR count). The lowest BCUT2D eigenvalue weighted by Gasteiger charge is -2.24. The maximum Gasteiger partial charge on any atom is 0.229 e. The van der Waals surface area contributed by atoms with Crippen LogP contribution in [0.4, 0.5) is 0 Å². The first-order chi connectivity index (χ1) is 4.72. The molecule has 0 radical (unpaired) electrons. The molecule has 0 fully saturated rings. The smallest absolute Gasteiger partial charge is 0.229 e. The Balaban J connectivity index is 2.64. The summed E-state index contributed by atoms with van der Waals surface area (Å²) < 4.78 is 0. The van der Waals surface area contributed by atoms with Crippen LogP contribution in [0.1, 0.15) is 20.3 Å². The summed E-state index contributed by atoms with van der Waals surface area (Å²) in [5, 5.41) is 0. The Morgan fingerprint density at radius 2 is 2.40 bits per heavy atom. The SMILES string of the molecule is CC(C)N1C=NCCC1=O. The molecule has 0 bridgehead atoms. The zero-order valence-electron chi connectivity index (χ0n) is 6.37. The first-order valence-electron chi connectivity index (χ1n) is 3.53. The summed E-state index contributed by atoms with van der Waals surface area (Å²) in [4.78, 5) is 16.8. The first kappa shape index (κ1) is 7.25. The van der Waals surface area contributed by atoms with Gasteiger partial charge >= 0.3 is 0 Å². The minimum absolute atomic E-state index is 0.185. The largest absolute Gasteiger partial charge is 0.301 e. The van der Waals surface area contributed by atoms with Crippen LogP contribution in [0.25, 0.3) is 0 Å². The quantitative estimate of drug-likeness (QED) is 0.526. The van der Waals surface area contributed by atoms with Crippen molar-refractivity contribution in [2.24, 2.45) is 4.99 Å². The molecule has 1 amide bonds. The molecule has 0 saturated carbocycles. The highest BCUT2D eigenvalue weighted by atomic mass is 16.2. The lowest BCUT2D eigenvalue weighted by molar-refractivity contribution is -0.128. The highest BCUT2D eigenvalue weighted by molar-refractivity contribution is 5.89. The van der Waals surface area contributed by atoms with Crippen LogP contribution in [0.5, 0.6) is 0 Å². The minimum atomic E-state index is 0.185. The Kier molecular flexibility index (Phi) is 2.04. The minimum Gasteiger partial charge on any atom is -0.301 e. The van der Waals surface area contributed by atoms with Crippen LogP contribution in [0.3, 0.4) is 0 Å². The van der Waals surface area contributed by atoms with Crippen LogP contribution >= 0.6 is 0 Å². The van der Waals surface area contributed by atoms with E-state index in [0.717, 1.165) is 0 Å². The predicted octanol–water partition coefficient (Wildman–Crippen LogP) is 0.655. The first-order valence-corrected chi connectivity index (χ1v) is 3.53. The number of carbonyl (C=O) groups is 1. The van der Waals surface area contributed by atoms with Gasteiger partial charge in [0.25, 0.3) is 0 Å². The average Bonchev–Trinajstić information content (AvgIpc) is 1.88. The van der Waals surface area contributed by atoms with E-state index in [4.69, 9.17) is 0 Å². The summed E-state index contributed by atoms with van der Waals surface area (Å²) in [6, 6.07) is 0.247. The molecule has 0 aromatic heterocycles. The molecule has 0 N–H and O–H groups in total. The van der Waals surface area contributed by atoms with Gasteiger partial charge in [-0.1, -0.05) is 0 Å². The number of aliphatic imine (C=N–C) groups is 1. The van der Waals surface area contributed by atoms with E-state index in [9.17, 15) is 4.79 Å². The molecule has 0 aromatic rings. The van der Waals surface area contributed by atoms with E-state index < -0.39 is 0 Å². The summed E-state index contributed by atoms with van der Waals surface area (Å²) in [7, 11) is 0. The van der Waals surface area contributed by atoms with Crippen molar-refractivity contribution in [1.82, 2.24) is 4.90 Å². The number of nitrogens with zero attached hydrogens (tertiary/aromatic N) is 2. The molecular weight excluding hydrogens is 128 g/mol. The molecule has 0 unspecified atom stereocenters. The summed E-state index contributed by atoms with van der Waals surface area (Å²) in [6.07, 6.45) is 2.20. The van der Waals surface area contributed by atoms with E-state index in [-0.39, 0.29) is 11.9 Å². The maximum absolute atomic E-state index is 11.1. The van der Waals surface area contributed by atoms with Gasteiger partial charge in [-0.2, -0.15) is 0 Å². The predicted molar refractivity (Wildman–Crippen MR) is 40.0 cm³/mol. The number of rotatable bonds is 1. The van der Waals surface area contributed by atoms with E-state index in [0.29, 0.717) is 13.0 Å². The molecule has 3 nitrogen and oxygen atoms in total. The van der Waals surface area contributed by atoms with E-state index in [1.54, 1.807) is 11.2 Å². The Morgan fingerprint density at radius 3 is 2.80 bits per heavy atom. The van der Waals surface area contributed by atoms with Crippen molar-refractivity contribution in [2.45, 2.75) is 26.3 Å². The molecule has 1 heterocycles. The molecule has 0 saturated heterocycles. The number of amides is 1. The highest BCUT2D eigenvalue weighted by Gasteiger charge is 2.16. The van der Waals surface area contributed by atoms with Crippen molar-refractivity contribution < 1.29 is 4.79 Å². The standard InChI is InChI=1S/C7H12N2O/c1-6(2)9-5-8-4-3-7(9)10/h5-6H,3-4H2,1-2H3. The molecule has 0 aliphatic carbocycles. The van der Waals surface area contributed by atoms with Crippen LogP contribution in [0.2, 0.25) is 0 Å². The zero-order valence-corrected chi connectivity index (χ0v) is 6.37. The van der Waals surface area contributed by atoms with Crippen LogP contribution in [0, 0.1) is 0 Å². The average molecular weight is 140 g/mol. The molecule has 0 atom stereocenters. The Bertz CT molecular complexity index is 163. The van der Waals surface area contributed by atoms with E-state index in [2.05, 4.69) is 4.99 Å². The van der Waals surface area contributed by atoms with Crippen molar-refractivity contribution in [1.29, 1.82) is 0 Å². The van der Waals surface area contributed by atoms with Gasteiger partial charge in [0, 0.05) is 19.0 Å². The molecule has 1 aliphatic rings. The van der Waals surface area contributed by atoms with Gasteiger partial charge in [-0.3, -0.25) is 9.79 Å². The van der Waals surface area contributed by atoms with Gasteiger partial charge in [0.2, 0.25) is 5.91 Å². The number of hydrogen-bond donors (Lipinski definition) is 0. The third kappa shape index (κ3) is 1.35. The zero-order chi connectivity index (χ0) is 7.56. The van der Waals surface area contributed by atoms with E-state index in [1.807, 2.05) is 13.8 Å². The molecule has 10 heavy (non-hydrogen) atoms. The van der Waals surface area contributed by atoms with Gasteiger partial charge < -0.3 is 4.90 Å². The van der Waals surface area contributed by atoms with Gasteiger partial charge in [0.1, 0.15) is 0 Å². The van der Waals surface area contributed by atoms with Gasteiger partial charge in [0.15, 0.2) is 0 Å². The third-order valence-electron chi connectivity index (χ3n) is 1.51. The second-order valence-electron chi connectivity index (χ2n) is 2.67. The highest BCUT2D eigenvalue weighted by Crippen LogP contribution is 2.02. The lowest BCUT2D eigenvalue weighted by Crippen LogP contribution is -2.38. The summed E-state index contributed by atoms with van der Waals surface area (Å²) in [5.74, 6) is 0.185. The maximum atomic E-state index is 11.1. The van der Waals surface area contributed by atoms with Crippen molar-refractivity contribution in [3.8, 4) is 0 Å². The topological polar surface area (TPSA) is 32.7 Å². The summed E-state index contributed by atoms with van der Waals surface area (Å²) in [5.41, 5.74) is 0. The van der Waals surface area contributed by atoms with Crippen LogP contribution in [-0.4, -0.2) is 29.7 Å². The van der Waals surface area contributed by atoms with Crippen molar-refractivity contribution in [3.05, 3.63) is 0 Å². The van der Waals surface area contributed by atoms with Crippen LogP contribution < -0.4 is 0 Å². The van der Waals surface area contributed by atoms with Gasteiger partial charge in [-0.25, -0.2) is 0 Å². The molecular formula is C7H12N2O. The number of hydrogen-bond acceptors (Lipinski definition) is 2.